The molecular weight excluding hydrogens is 264 g/mol. The minimum atomic E-state index is 0.281. The van der Waals surface area contributed by atoms with Gasteiger partial charge in [0.1, 0.15) is 11.6 Å². The van der Waals surface area contributed by atoms with Crippen LogP contribution in [0.25, 0.3) is 0 Å². The molecule has 5 heteroatoms. The Morgan fingerprint density at radius 1 is 1.38 bits per heavy atom. The van der Waals surface area contributed by atoms with E-state index in [0.29, 0.717) is 18.2 Å². The molecule has 2 atom stereocenters. The van der Waals surface area contributed by atoms with E-state index in [1.165, 1.54) is 0 Å². The van der Waals surface area contributed by atoms with Crippen molar-refractivity contribution in [2.75, 3.05) is 13.1 Å². The van der Waals surface area contributed by atoms with Gasteiger partial charge < -0.3 is 4.90 Å². The van der Waals surface area contributed by atoms with Gasteiger partial charge >= 0.3 is 0 Å². The molecule has 3 rings (SSSR count). The van der Waals surface area contributed by atoms with E-state index in [4.69, 9.17) is 0 Å². The van der Waals surface area contributed by atoms with E-state index < -0.39 is 0 Å². The SMILES string of the molecule is Cc1nc(C)n(C2CCCN(C(=O)CC3C=CCC3)C2)n1. The summed E-state index contributed by atoms with van der Waals surface area (Å²) in [7, 11) is 0. The average Bonchev–Trinajstić information content (AvgIpc) is 3.08. The van der Waals surface area contributed by atoms with Crippen LogP contribution in [0.15, 0.2) is 12.2 Å². The summed E-state index contributed by atoms with van der Waals surface area (Å²) in [4.78, 5) is 18.9. The molecule has 0 bridgehead atoms. The number of hydrogen-bond donors (Lipinski definition) is 0. The van der Waals surface area contributed by atoms with E-state index in [1.54, 1.807) is 0 Å². The van der Waals surface area contributed by atoms with E-state index in [0.717, 1.165) is 50.4 Å². The quantitative estimate of drug-likeness (QED) is 0.803. The minimum absolute atomic E-state index is 0.281. The molecule has 21 heavy (non-hydrogen) atoms. The second kappa shape index (κ2) is 6.00. The molecule has 0 aromatic carbocycles. The van der Waals surface area contributed by atoms with Crippen LogP contribution < -0.4 is 0 Å². The molecule has 2 heterocycles. The summed E-state index contributed by atoms with van der Waals surface area (Å²) in [5.74, 6) is 2.51. The van der Waals surface area contributed by atoms with Crippen LogP contribution in [0.4, 0.5) is 0 Å². The lowest BCUT2D eigenvalue weighted by molar-refractivity contribution is -0.133. The Kier molecular flexibility index (Phi) is 4.08. The molecule has 114 valence electrons. The van der Waals surface area contributed by atoms with Gasteiger partial charge in [0.25, 0.3) is 0 Å². The number of nitrogens with zero attached hydrogens (tertiary/aromatic N) is 4. The average molecular weight is 288 g/mol. The number of rotatable bonds is 3. The molecule has 1 aromatic heterocycles. The zero-order chi connectivity index (χ0) is 14.8. The van der Waals surface area contributed by atoms with Crippen LogP contribution >= 0.6 is 0 Å². The van der Waals surface area contributed by atoms with Gasteiger partial charge in [-0.15, -0.1) is 0 Å². The van der Waals surface area contributed by atoms with Gasteiger partial charge in [0.15, 0.2) is 0 Å². The highest BCUT2D eigenvalue weighted by Crippen LogP contribution is 2.25. The van der Waals surface area contributed by atoms with Crippen molar-refractivity contribution in [1.82, 2.24) is 19.7 Å². The van der Waals surface area contributed by atoms with Gasteiger partial charge in [0, 0.05) is 19.5 Å². The normalized spacial score (nSPS) is 25.5. The van der Waals surface area contributed by atoms with Crippen LogP contribution in [0.3, 0.4) is 0 Å². The molecule has 0 saturated carbocycles. The van der Waals surface area contributed by atoms with Crippen molar-refractivity contribution >= 4 is 5.91 Å². The van der Waals surface area contributed by atoms with E-state index in [2.05, 4.69) is 22.2 Å². The van der Waals surface area contributed by atoms with Crippen molar-refractivity contribution in [2.45, 2.75) is 52.0 Å². The number of aromatic nitrogens is 3. The third-order valence-corrected chi connectivity index (χ3v) is 4.55. The van der Waals surface area contributed by atoms with Gasteiger partial charge in [-0.3, -0.25) is 4.79 Å². The van der Waals surface area contributed by atoms with E-state index in [9.17, 15) is 4.79 Å². The molecular formula is C16H24N4O. The number of piperidine rings is 1. The summed E-state index contributed by atoms with van der Waals surface area (Å²) < 4.78 is 2.00. The van der Waals surface area contributed by atoms with Crippen LogP contribution in [0.2, 0.25) is 0 Å². The highest BCUT2D eigenvalue weighted by molar-refractivity contribution is 5.76. The maximum Gasteiger partial charge on any atom is 0.223 e. The lowest BCUT2D eigenvalue weighted by Crippen LogP contribution is -2.41. The first-order chi connectivity index (χ1) is 10.1. The summed E-state index contributed by atoms with van der Waals surface area (Å²) in [6, 6.07) is 0.281. The highest BCUT2D eigenvalue weighted by Gasteiger charge is 2.27. The molecule has 2 unspecified atom stereocenters. The Bertz CT molecular complexity index is 548. The lowest BCUT2D eigenvalue weighted by atomic mass is 10.0. The van der Waals surface area contributed by atoms with Gasteiger partial charge in [0.05, 0.1) is 6.04 Å². The summed E-state index contributed by atoms with van der Waals surface area (Å²) in [6.45, 7) is 5.57. The summed E-state index contributed by atoms with van der Waals surface area (Å²) in [6.07, 6.45) is 9.44. The predicted octanol–water partition coefficient (Wildman–Crippen LogP) is 2.41. The second-order valence-electron chi connectivity index (χ2n) is 6.26. The Morgan fingerprint density at radius 3 is 2.90 bits per heavy atom. The molecule has 2 aliphatic rings. The number of aryl methyl sites for hydroxylation is 2. The molecule has 0 radical (unpaired) electrons. The molecule has 0 spiro atoms. The largest absolute Gasteiger partial charge is 0.341 e. The third-order valence-electron chi connectivity index (χ3n) is 4.55. The fourth-order valence-electron chi connectivity index (χ4n) is 3.48. The van der Waals surface area contributed by atoms with Crippen LogP contribution in [-0.4, -0.2) is 38.7 Å². The van der Waals surface area contributed by atoms with E-state index in [-0.39, 0.29) is 6.04 Å². The van der Waals surface area contributed by atoms with Crippen molar-refractivity contribution in [3.63, 3.8) is 0 Å². The van der Waals surface area contributed by atoms with Crippen molar-refractivity contribution in [3.05, 3.63) is 23.8 Å². The zero-order valence-electron chi connectivity index (χ0n) is 13.0. The van der Waals surface area contributed by atoms with Crippen LogP contribution in [-0.2, 0) is 4.79 Å². The molecule has 1 aliphatic heterocycles. The topological polar surface area (TPSA) is 51.0 Å². The molecule has 1 amide bonds. The van der Waals surface area contributed by atoms with Gasteiger partial charge in [-0.1, -0.05) is 12.2 Å². The van der Waals surface area contributed by atoms with Crippen molar-refractivity contribution in [1.29, 1.82) is 0 Å². The molecule has 0 N–H and O–H groups in total. The number of carbonyl (C=O) groups excluding carboxylic acids is 1. The first-order valence-electron chi connectivity index (χ1n) is 7.97. The number of amides is 1. The Morgan fingerprint density at radius 2 is 2.24 bits per heavy atom. The number of likely N-dealkylation sites (tertiary alicyclic amines) is 1. The van der Waals surface area contributed by atoms with Crippen molar-refractivity contribution in [3.8, 4) is 0 Å². The molecule has 1 aliphatic carbocycles. The Labute approximate surface area is 126 Å². The first kappa shape index (κ1) is 14.3. The maximum atomic E-state index is 12.5. The van der Waals surface area contributed by atoms with Gasteiger partial charge in [-0.25, -0.2) is 9.67 Å². The summed E-state index contributed by atoms with van der Waals surface area (Å²) in [5, 5.41) is 4.49. The summed E-state index contributed by atoms with van der Waals surface area (Å²) in [5.41, 5.74) is 0. The third kappa shape index (κ3) is 3.17. The molecule has 5 nitrogen and oxygen atoms in total. The van der Waals surface area contributed by atoms with E-state index in [1.807, 2.05) is 23.4 Å². The molecule has 1 aromatic rings. The second-order valence-corrected chi connectivity index (χ2v) is 6.26. The van der Waals surface area contributed by atoms with Crippen molar-refractivity contribution in [2.24, 2.45) is 5.92 Å². The Balaban J connectivity index is 1.63. The van der Waals surface area contributed by atoms with Gasteiger partial charge in [-0.05, 0) is 45.4 Å². The predicted molar refractivity (Wildman–Crippen MR) is 80.8 cm³/mol. The van der Waals surface area contributed by atoms with Crippen LogP contribution in [0.1, 0.15) is 49.8 Å². The van der Waals surface area contributed by atoms with Crippen molar-refractivity contribution < 1.29 is 4.79 Å². The van der Waals surface area contributed by atoms with Gasteiger partial charge in [0.2, 0.25) is 5.91 Å². The molecule has 1 saturated heterocycles. The minimum Gasteiger partial charge on any atom is -0.341 e. The molecule has 1 fully saturated rings. The number of hydrogen-bond acceptors (Lipinski definition) is 3. The smallest absolute Gasteiger partial charge is 0.223 e. The standard InChI is InChI=1S/C16H24N4O/c1-12-17-13(2)20(18-12)15-8-5-9-19(11-15)16(21)10-14-6-3-4-7-14/h3,6,14-15H,4-5,7-11H2,1-2H3. The highest BCUT2D eigenvalue weighted by atomic mass is 16.2. The zero-order valence-corrected chi connectivity index (χ0v) is 13.0. The van der Waals surface area contributed by atoms with E-state index >= 15 is 0 Å². The fraction of sp³-hybridized carbons (Fsp3) is 0.688. The maximum absolute atomic E-state index is 12.5. The number of carbonyl (C=O) groups is 1. The monoisotopic (exact) mass is 288 g/mol. The first-order valence-corrected chi connectivity index (χ1v) is 7.97. The fourth-order valence-corrected chi connectivity index (χ4v) is 3.48. The summed E-state index contributed by atoms with van der Waals surface area (Å²) >= 11 is 0. The van der Waals surface area contributed by atoms with Crippen LogP contribution in [0.5, 0.6) is 0 Å². The number of allylic oxidation sites excluding steroid dienone is 2. The van der Waals surface area contributed by atoms with Crippen LogP contribution in [0, 0.1) is 19.8 Å². The van der Waals surface area contributed by atoms with Gasteiger partial charge in [-0.2, -0.15) is 5.10 Å². The Hall–Kier alpha value is -1.65. The lowest BCUT2D eigenvalue weighted by Gasteiger charge is -2.33.